The third kappa shape index (κ3) is 7.04. The summed E-state index contributed by atoms with van der Waals surface area (Å²) in [5.41, 5.74) is 2.41. The van der Waals surface area contributed by atoms with Crippen LogP contribution in [0.5, 0.6) is 11.5 Å². The van der Waals surface area contributed by atoms with Gasteiger partial charge in [-0.2, -0.15) is 5.21 Å². The lowest BCUT2D eigenvalue weighted by Gasteiger charge is -2.26. The van der Waals surface area contributed by atoms with Crippen LogP contribution in [0, 0.1) is 0 Å². The van der Waals surface area contributed by atoms with Crippen LogP contribution in [0.2, 0.25) is 0 Å². The van der Waals surface area contributed by atoms with Crippen LogP contribution in [0.4, 0.5) is 5.69 Å². The van der Waals surface area contributed by atoms with Gasteiger partial charge in [0.15, 0.2) is 17.6 Å². The predicted molar refractivity (Wildman–Crippen MR) is 135 cm³/mol. The standard InChI is InChI=1S/C27H35N5O3/c1-2-3-4-5-6-7-8-9-10-12-20-15-17-21(18-16-20)27(33)28-22-13-11-14-23-25(22)35-24(19-34-23)26-29-31-32-30-26/h11,13-18,24H,2-10,12,19H2,1H3,(H,28,33)(H,29,30,31,32). The summed E-state index contributed by atoms with van der Waals surface area (Å²) in [6.45, 7) is 2.53. The number of nitrogens with zero attached hydrogens (tertiary/aromatic N) is 3. The minimum absolute atomic E-state index is 0.196. The van der Waals surface area contributed by atoms with Crippen molar-refractivity contribution >= 4 is 11.6 Å². The first kappa shape index (κ1) is 24.7. The van der Waals surface area contributed by atoms with Crippen LogP contribution in [-0.4, -0.2) is 33.1 Å². The molecule has 1 amide bonds. The SMILES string of the molecule is CCCCCCCCCCCc1ccc(C(=O)Nc2cccc3c2OC(c2nn[nH]n2)CO3)cc1. The predicted octanol–water partition coefficient (Wildman–Crippen LogP) is 6.04. The molecule has 0 spiro atoms. The Morgan fingerprint density at radius 2 is 1.74 bits per heavy atom. The number of fused-ring (bicyclic) bond motifs is 1. The number of amides is 1. The number of rotatable bonds is 13. The van der Waals surface area contributed by atoms with Gasteiger partial charge in [0.2, 0.25) is 5.82 Å². The Kier molecular flexibility index (Phi) is 9.09. The van der Waals surface area contributed by atoms with E-state index in [-0.39, 0.29) is 12.5 Å². The highest BCUT2D eigenvalue weighted by atomic mass is 16.6. The summed E-state index contributed by atoms with van der Waals surface area (Å²) in [6.07, 6.45) is 12.5. The molecule has 2 aromatic carbocycles. The Labute approximate surface area is 206 Å². The second kappa shape index (κ2) is 12.9. The summed E-state index contributed by atoms with van der Waals surface area (Å²) in [7, 11) is 0. The Bertz CT molecular complexity index is 1050. The van der Waals surface area contributed by atoms with Crippen LogP contribution >= 0.6 is 0 Å². The van der Waals surface area contributed by atoms with Crippen molar-refractivity contribution < 1.29 is 14.3 Å². The number of hydrogen-bond acceptors (Lipinski definition) is 6. The van der Waals surface area contributed by atoms with Gasteiger partial charge in [-0.1, -0.05) is 81.7 Å². The van der Waals surface area contributed by atoms with Gasteiger partial charge in [0, 0.05) is 5.56 Å². The van der Waals surface area contributed by atoms with Gasteiger partial charge in [0.1, 0.15) is 6.61 Å². The Balaban J connectivity index is 1.25. The topological polar surface area (TPSA) is 102 Å². The maximum atomic E-state index is 12.9. The third-order valence-electron chi connectivity index (χ3n) is 6.31. The highest BCUT2D eigenvalue weighted by molar-refractivity contribution is 6.05. The molecule has 0 saturated carbocycles. The van der Waals surface area contributed by atoms with Crippen molar-refractivity contribution in [3.8, 4) is 11.5 Å². The smallest absolute Gasteiger partial charge is 0.255 e. The minimum Gasteiger partial charge on any atom is -0.485 e. The van der Waals surface area contributed by atoms with E-state index < -0.39 is 6.10 Å². The highest BCUT2D eigenvalue weighted by Gasteiger charge is 2.28. The molecule has 0 bridgehead atoms. The molecule has 2 heterocycles. The number of aromatic amines is 1. The van der Waals surface area contributed by atoms with Crippen molar-refractivity contribution in [2.24, 2.45) is 0 Å². The van der Waals surface area contributed by atoms with Crippen LogP contribution in [0.1, 0.15) is 92.6 Å². The maximum absolute atomic E-state index is 12.9. The van der Waals surface area contributed by atoms with E-state index in [0.29, 0.717) is 28.6 Å². The van der Waals surface area contributed by atoms with E-state index >= 15 is 0 Å². The number of aromatic nitrogens is 4. The zero-order valence-electron chi connectivity index (χ0n) is 20.5. The molecular weight excluding hydrogens is 442 g/mol. The summed E-state index contributed by atoms with van der Waals surface area (Å²) in [5.74, 6) is 1.24. The molecule has 1 unspecified atom stereocenters. The van der Waals surface area contributed by atoms with Gasteiger partial charge in [-0.15, -0.1) is 10.2 Å². The number of hydrogen-bond donors (Lipinski definition) is 2. The van der Waals surface area contributed by atoms with E-state index in [4.69, 9.17) is 9.47 Å². The number of carbonyl (C=O) groups excluding carboxylic acids is 1. The molecule has 1 aliphatic heterocycles. The number of anilines is 1. The number of para-hydroxylation sites is 1. The van der Waals surface area contributed by atoms with Gasteiger partial charge < -0.3 is 14.8 Å². The normalized spacial score (nSPS) is 14.6. The zero-order valence-corrected chi connectivity index (χ0v) is 20.5. The van der Waals surface area contributed by atoms with E-state index in [0.717, 1.165) is 6.42 Å². The molecule has 0 saturated heterocycles. The summed E-state index contributed by atoms with van der Waals surface area (Å²) < 4.78 is 11.8. The third-order valence-corrected chi connectivity index (χ3v) is 6.31. The molecule has 1 atom stereocenters. The van der Waals surface area contributed by atoms with E-state index in [9.17, 15) is 4.79 Å². The Morgan fingerprint density at radius 3 is 2.46 bits per heavy atom. The lowest BCUT2D eigenvalue weighted by molar-refractivity contribution is 0.0856. The van der Waals surface area contributed by atoms with Crippen LogP contribution in [0.25, 0.3) is 0 Å². The monoisotopic (exact) mass is 477 g/mol. The molecule has 0 aliphatic carbocycles. The average Bonchev–Trinajstić information content (AvgIpc) is 3.43. The summed E-state index contributed by atoms with van der Waals surface area (Å²) >= 11 is 0. The quantitative estimate of drug-likeness (QED) is 0.291. The van der Waals surface area contributed by atoms with E-state index in [2.05, 4.69) is 32.9 Å². The fourth-order valence-corrected chi connectivity index (χ4v) is 4.28. The molecule has 4 rings (SSSR count). The maximum Gasteiger partial charge on any atom is 0.255 e. The van der Waals surface area contributed by atoms with Crippen LogP contribution in [-0.2, 0) is 6.42 Å². The molecule has 8 nitrogen and oxygen atoms in total. The van der Waals surface area contributed by atoms with Crippen molar-refractivity contribution in [2.45, 2.75) is 77.2 Å². The molecular formula is C27H35N5O3. The fraction of sp³-hybridized carbons (Fsp3) is 0.481. The largest absolute Gasteiger partial charge is 0.485 e. The number of carbonyl (C=O) groups is 1. The van der Waals surface area contributed by atoms with E-state index in [1.54, 1.807) is 12.1 Å². The van der Waals surface area contributed by atoms with Gasteiger partial charge in [0.05, 0.1) is 5.69 Å². The lowest BCUT2D eigenvalue weighted by Crippen LogP contribution is -2.24. The molecule has 0 fully saturated rings. The summed E-state index contributed by atoms with van der Waals surface area (Å²) in [4.78, 5) is 12.9. The lowest BCUT2D eigenvalue weighted by atomic mass is 10.0. The number of nitrogens with one attached hydrogen (secondary N) is 2. The second-order valence-corrected chi connectivity index (χ2v) is 9.05. The van der Waals surface area contributed by atoms with Crippen LogP contribution in [0.3, 0.4) is 0 Å². The highest BCUT2D eigenvalue weighted by Crippen LogP contribution is 2.41. The molecule has 0 radical (unpaired) electrons. The minimum atomic E-state index is -0.500. The number of tetrazole rings is 1. The van der Waals surface area contributed by atoms with Gasteiger partial charge in [0.25, 0.3) is 5.91 Å². The van der Waals surface area contributed by atoms with Crippen molar-refractivity contribution in [1.29, 1.82) is 0 Å². The number of unbranched alkanes of at least 4 members (excludes halogenated alkanes) is 8. The molecule has 1 aromatic heterocycles. The summed E-state index contributed by atoms with van der Waals surface area (Å²) in [5, 5.41) is 16.9. The van der Waals surface area contributed by atoms with Crippen molar-refractivity contribution in [3.05, 3.63) is 59.4 Å². The van der Waals surface area contributed by atoms with Crippen LogP contribution in [0.15, 0.2) is 42.5 Å². The second-order valence-electron chi connectivity index (χ2n) is 9.05. The molecule has 186 valence electrons. The first-order chi connectivity index (χ1) is 17.2. The first-order valence-corrected chi connectivity index (χ1v) is 12.8. The van der Waals surface area contributed by atoms with Gasteiger partial charge in [-0.3, -0.25) is 4.79 Å². The first-order valence-electron chi connectivity index (χ1n) is 12.8. The number of aryl methyl sites for hydroxylation is 1. The molecule has 35 heavy (non-hydrogen) atoms. The average molecular weight is 478 g/mol. The zero-order chi connectivity index (χ0) is 24.3. The summed E-state index contributed by atoms with van der Waals surface area (Å²) in [6, 6.07) is 13.3. The van der Waals surface area contributed by atoms with Crippen molar-refractivity contribution in [2.75, 3.05) is 11.9 Å². The van der Waals surface area contributed by atoms with Crippen molar-refractivity contribution in [3.63, 3.8) is 0 Å². The van der Waals surface area contributed by atoms with Gasteiger partial charge >= 0.3 is 0 Å². The molecule has 8 heteroatoms. The van der Waals surface area contributed by atoms with E-state index in [1.165, 1.54) is 63.4 Å². The van der Waals surface area contributed by atoms with Gasteiger partial charge in [-0.05, 0) is 42.7 Å². The Hall–Kier alpha value is -3.42. The molecule has 2 N–H and O–H groups in total. The van der Waals surface area contributed by atoms with Crippen LogP contribution < -0.4 is 14.8 Å². The van der Waals surface area contributed by atoms with E-state index in [1.807, 2.05) is 30.3 Å². The van der Waals surface area contributed by atoms with Crippen molar-refractivity contribution in [1.82, 2.24) is 20.6 Å². The van der Waals surface area contributed by atoms with Gasteiger partial charge in [-0.25, -0.2) is 0 Å². The number of ether oxygens (including phenoxy) is 2. The Morgan fingerprint density at radius 1 is 1.00 bits per heavy atom. The molecule has 3 aromatic rings. The number of benzene rings is 2. The fourth-order valence-electron chi connectivity index (χ4n) is 4.28. The molecule has 1 aliphatic rings. The number of H-pyrrole nitrogens is 1.